The third kappa shape index (κ3) is 3.64. The van der Waals surface area contributed by atoms with Crippen LogP contribution in [0.25, 0.3) is 0 Å². The fraction of sp³-hybridized carbons (Fsp3) is 0.688. The van der Waals surface area contributed by atoms with Crippen molar-refractivity contribution in [3.05, 3.63) is 16.9 Å². The van der Waals surface area contributed by atoms with Crippen molar-refractivity contribution < 1.29 is 4.79 Å². The maximum absolute atomic E-state index is 12.5. The number of carbonyl (C=O) groups excluding carboxylic acids is 1. The average Bonchev–Trinajstić information content (AvgIpc) is 2.98. The van der Waals surface area contributed by atoms with Crippen molar-refractivity contribution in [3.63, 3.8) is 0 Å². The quantitative estimate of drug-likeness (QED) is 0.511. The van der Waals surface area contributed by atoms with Crippen molar-refractivity contribution in [1.29, 1.82) is 0 Å². The third-order valence-electron chi connectivity index (χ3n) is 4.93. The first-order chi connectivity index (χ1) is 11.0. The highest BCUT2D eigenvalue weighted by Crippen LogP contribution is 2.33. The number of aromatic nitrogens is 2. The highest BCUT2D eigenvalue weighted by atomic mass is 35.5. The van der Waals surface area contributed by atoms with E-state index in [0.29, 0.717) is 16.7 Å². The van der Waals surface area contributed by atoms with Crippen molar-refractivity contribution in [2.24, 2.45) is 0 Å². The van der Waals surface area contributed by atoms with E-state index in [0.717, 1.165) is 31.4 Å². The summed E-state index contributed by atoms with van der Waals surface area (Å²) < 4.78 is 0. The molecule has 1 amide bonds. The molecule has 1 N–H and O–H groups in total. The fourth-order valence-corrected chi connectivity index (χ4v) is 4.38. The molecule has 1 aliphatic carbocycles. The summed E-state index contributed by atoms with van der Waals surface area (Å²) in [5, 5.41) is 4.82. The Labute approximate surface area is 146 Å². The summed E-state index contributed by atoms with van der Waals surface area (Å²) in [5.74, 6) is 0.181. The summed E-state index contributed by atoms with van der Waals surface area (Å²) in [7, 11) is 1.92. The second kappa shape index (κ2) is 6.95. The molecule has 1 saturated heterocycles. The van der Waals surface area contributed by atoms with E-state index in [1.54, 1.807) is 6.20 Å². The van der Waals surface area contributed by atoms with E-state index in [2.05, 4.69) is 15.3 Å². The van der Waals surface area contributed by atoms with Gasteiger partial charge in [-0.3, -0.25) is 10.1 Å². The van der Waals surface area contributed by atoms with Gasteiger partial charge in [0, 0.05) is 30.9 Å². The summed E-state index contributed by atoms with van der Waals surface area (Å²) >= 11 is 7.70. The van der Waals surface area contributed by atoms with Gasteiger partial charge >= 0.3 is 0 Å². The van der Waals surface area contributed by atoms with E-state index in [4.69, 9.17) is 11.6 Å². The van der Waals surface area contributed by atoms with Gasteiger partial charge in [0.1, 0.15) is 5.15 Å². The van der Waals surface area contributed by atoms with Crippen molar-refractivity contribution in [2.45, 2.75) is 55.3 Å². The smallest absolute Gasteiger partial charge is 0.239 e. The molecule has 0 radical (unpaired) electrons. The van der Waals surface area contributed by atoms with Crippen LogP contribution in [0.3, 0.4) is 0 Å². The number of amides is 1. The number of nitrogens with zero attached hydrogens (tertiary/aromatic N) is 3. The van der Waals surface area contributed by atoms with Crippen LogP contribution in [0, 0.1) is 0 Å². The van der Waals surface area contributed by atoms with E-state index in [1.807, 2.05) is 18.2 Å². The molecule has 1 aliphatic heterocycles. The molecule has 1 unspecified atom stereocenters. The van der Waals surface area contributed by atoms with Gasteiger partial charge in [-0.1, -0.05) is 36.2 Å². The molecular weight excluding hydrogens is 332 g/mol. The number of rotatable bonds is 4. The van der Waals surface area contributed by atoms with E-state index in [9.17, 15) is 4.79 Å². The molecule has 1 aromatic rings. The number of piperazine rings is 1. The van der Waals surface area contributed by atoms with Crippen molar-refractivity contribution in [3.8, 4) is 0 Å². The Hall–Kier alpha value is -0.850. The Morgan fingerprint density at radius 1 is 1.48 bits per heavy atom. The van der Waals surface area contributed by atoms with Gasteiger partial charge in [-0.2, -0.15) is 0 Å². The maximum Gasteiger partial charge on any atom is 0.239 e. The Morgan fingerprint density at radius 2 is 2.22 bits per heavy atom. The standard InChI is InChI=1S/C16H23ClN4OS/c1-21-10-16(7-3-4-8-16)20-12(14(21)22)6-5-11-9-18-15(23-2)19-13(11)17/h9,12,20H,3-8,10H2,1-2H3. The van der Waals surface area contributed by atoms with Gasteiger partial charge in [-0.15, -0.1) is 0 Å². The number of nitrogens with one attached hydrogen (secondary N) is 1. The Morgan fingerprint density at radius 3 is 2.87 bits per heavy atom. The Kier molecular flexibility index (Phi) is 5.13. The van der Waals surface area contributed by atoms with Gasteiger partial charge in [0.2, 0.25) is 5.91 Å². The van der Waals surface area contributed by atoms with Crippen LogP contribution in [-0.2, 0) is 11.2 Å². The molecule has 23 heavy (non-hydrogen) atoms. The first-order valence-corrected chi connectivity index (χ1v) is 9.71. The summed E-state index contributed by atoms with van der Waals surface area (Å²) in [6.45, 7) is 0.828. The highest BCUT2D eigenvalue weighted by molar-refractivity contribution is 7.98. The molecule has 126 valence electrons. The summed E-state index contributed by atoms with van der Waals surface area (Å²) in [5.41, 5.74) is 1.03. The molecule has 1 saturated carbocycles. The molecule has 7 heteroatoms. The van der Waals surface area contributed by atoms with Gasteiger partial charge < -0.3 is 4.90 Å². The zero-order chi connectivity index (χ0) is 16.4. The lowest BCUT2D eigenvalue weighted by molar-refractivity contribution is -0.137. The van der Waals surface area contributed by atoms with E-state index in [1.165, 1.54) is 24.6 Å². The molecule has 0 bridgehead atoms. The van der Waals surface area contributed by atoms with Gasteiger partial charge in [0.25, 0.3) is 0 Å². The summed E-state index contributed by atoms with van der Waals surface area (Å²) in [6.07, 6.45) is 9.96. The lowest BCUT2D eigenvalue weighted by atomic mass is 9.90. The minimum absolute atomic E-state index is 0.121. The molecule has 1 spiro atoms. The minimum Gasteiger partial charge on any atom is -0.343 e. The van der Waals surface area contributed by atoms with Crippen LogP contribution in [0.2, 0.25) is 5.15 Å². The van der Waals surface area contributed by atoms with Crippen molar-refractivity contribution in [1.82, 2.24) is 20.2 Å². The molecule has 1 aromatic heterocycles. The SMILES string of the molecule is CSc1ncc(CCC2NC3(CCCC3)CN(C)C2=O)c(Cl)n1. The zero-order valence-corrected chi connectivity index (χ0v) is 15.2. The van der Waals surface area contributed by atoms with Crippen LogP contribution in [0.4, 0.5) is 0 Å². The van der Waals surface area contributed by atoms with Crippen LogP contribution in [0.5, 0.6) is 0 Å². The largest absolute Gasteiger partial charge is 0.343 e. The number of hydrogen-bond donors (Lipinski definition) is 1. The normalized spacial score (nSPS) is 23.7. The van der Waals surface area contributed by atoms with E-state index < -0.39 is 0 Å². The highest BCUT2D eigenvalue weighted by Gasteiger charge is 2.43. The number of halogens is 1. The molecule has 2 heterocycles. The van der Waals surface area contributed by atoms with Gasteiger partial charge in [-0.25, -0.2) is 9.97 Å². The summed E-state index contributed by atoms with van der Waals surface area (Å²) in [6, 6.07) is -0.136. The van der Waals surface area contributed by atoms with Gasteiger partial charge in [0.15, 0.2) is 5.16 Å². The number of carbonyl (C=O) groups is 1. The molecule has 0 aromatic carbocycles. The Bertz CT molecular complexity index is 591. The maximum atomic E-state index is 12.5. The molecule has 5 nitrogen and oxygen atoms in total. The minimum atomic E-state index is -0.136. The predicted molar refractivity (Wildman–Crippen MR) is 92.9 cm³/mol. The Balaban J connectivity index is 1.67. The zero-order valence-electron chi connectivity index (χ0n) is 13.6. The molecule has 2 fully saturated rings. The fourth-order valence-electron chi connectivity index (χ4n) is 3.76. The summed E-state index contributed by atoms with van der Waals surface area (Å²) in [4.78, 5) is 22.9. The average molecular weight is 355 g/mol. The van der Waals surface area contributed by atoms with Gasteiger partial charge in [0.05, 0.1) is 6.04 Å². The number of likely N-dealkylation sites (N-methyl/N-ethyl adjacent to an activating group) is 1. The lowest BCUT2D eigenvalue weighted by Crippen LogP contribution is -2.65. The first kappa shape index (κ1) is 17.0. The molecule has 3 rings (SSSR count). The van der Waals surface area contributed by atoms with Crippen LogP contribution in [0.1, 0.15) is 37.7 Å². The van der Waals surface area contributed by atoms with Crippen molar-refractivity contribution in [2.75, 3.05) is 19.8 Å². The second-order valence-electron chi connectivity index (χ2n) is 6.59. The first-order valence-electron chi connectivity index (χ1n) is 8.11. The molecular formula is C16H23ClN4OS. The topological polar surface area (TPSA) is 58.1 Å². The number of thioether (sulfide) groups is 1. The molecule has 2 aliphatic rings. The van der Waals surface area contributed by atoms with Crippen LogP contribution in [-0.4, -0.2) is 52.2 Å². The van der Waals surface area contributed by atoms with E-state index in [-0.39, 0.29) is 17.5 Å². The molecule has 1 atom stereocenters. The third-order valence-corrected chi connectivity index (χ3v) is 5.82. The van der Waals surface area contributed by atoms with Crippen molar-refractivity contribution >= 4 is 29.3 Å². The van der Waals surface area contributed by atoms with E-state index >= 15 is 0 Å². The number of hydrogen-bond acceptors (Lipinski definition) is 5. The van der Waals surface area contributed by atoms with Crippen LogP contribution in [0.15, 0.2) is 11.4 Å². The lowest BCUT2D eigenvalue weighted by Gasteiger charge is -2.44. The predicted octanol–water partition coefficient (Wildman–Crippen LogP) is 2.53. The monoisotopic (exact) mass is 354 g/mol. The van der Waals surface area contributed by atoms with Crippen LogP contribution >= 0.6 is 23.4 Å². The van der Waals surface area contributed by atoms with Gasteiger partial charge in [-0.05, 0) is 31.9 Å². The van der Waals surface area contributed by atoms with Crippen LogP contribution < -0.4 is 5.32 Å². The second-order valence-corrected chi connectivity index (χ2v) is 7.72. The number of aryl methyl sites for hydroxylation is 1.